The Morgan fingerprint density at radius 1 is 1.00 bits per heavy atom. The van der Waals surface area contributed by atoms with E-state index in [-0.39, 0.29) is 5.56 Å². The van der Waals surface area contributed by atoms with Gasteiger partial charge in [0.15, 0.2) is 0 Å². The average Bonchev–Trinajstić information content (AvgIpc) is 2.89. The molecule has 2 aromatic heterocycles. The first-order chi connectivity index (χ1) is 11.7. The smallest absolute Gasteiger partial charge is 0.267 e. The zero-order chi connectivity index (χ0) is 16.7. The van der Waals surface area contributed by atoms with Crippen molar-refractivity contribution in [2.24, 2.45) is 0 Å². The van der Waals surface area contributed by atoms with Gasteiger partial charge in [-0.3, -0.25) is 4.79 Å². The molecule has 0 atom stereocenters. The fourth-order valence-corrected chi connectivity index (χ4v) is 3.27. The lowest BCUT2D eigenvalue weighted by atomic mass is 10.2. The van der Waals surface area contributed by atoms with Crippen molar-refractivity contribution in [1.29, 1.82) is 0 Å². The first-order valence-corrected chi connectivity index (χ1v) is 8.20. The Balaban J connectivity index is 2.03. The molecule has 0 aliphatic heterocycles. The fourth-order valence-electron chi connectivity index (χ4n) is 3.27. The molecule has 0 unspecified atom stereocenters. The molecule has 0 bridgehead atoms. The molecule has 5 heteroatoms. The second-order valence-corrected chi connectivity index (χ2v) is 6.37. The van der Waals surface area contributed by atoms with Gasteiger partial charge in [-0.25, -0.2) is 9.38 Å². The van der Waals surface area contributed by atoms with Crippen molar-refractivity contribution >= 4 is 27.7 Å². The van der Waals surface area contributed by atoms with E-state index in [1.807, 2.05) is 42.5 Å². The molecule has 0 aliphatic carbocycles. The molecule has 122 valence electrons. The number of hydrogen-bond acceptors (Lipinski definition) is 3. The van der Waals surface area contributed by atoms with Crippen molar-refractivity contribution in [3.63, 3.8) is 0 Å². The van der Waals surface area contributed by atoms with Gasteiger partial charge in [0, 0.05) is 6.54 Å². The van der Waals surface area contributed by atoms with Crippen molar-refractivity contribution in [2.45, 2.75) is 13.0 Å². The van der Waals surface area contributed by atoms with E-state index in [0.29, 0.717) is 5.39 Å². The van der Waals surface area contributed by atoms with Gasteiger partial charge in [0.05, 0.1) is 21.9 Å². The van der Waals surface area contributed by atoms with Crippen LogP contribution in [0.25, 0.3) is 27.7 Å². The molecule has 2 aromatic carbocycles. The summed E-state index contributed by atoms with van der Waals surface area (Å²) in [5, 5.41) is 0.659. The van der Waals surface area contributed by atoms with Crippen molar-refractivity contribution in [3.05, 3.63) is 58.9 Å². The molecule has 0 aliphatic rings. The van der Waals surface area contributed by atoms with E-state index in [4.69, 9.17) is 4.98 Å². The van der Waals surface area contributed by atoms with Crippen molar-refractivity contribution < 1.29 is 0 Å². The van der Waals surface area contributed by atoms with Crippen LogP contribution in [-0.2, 0) is 6.54 Å². The van der Waals surface area contributed by atoms with Crippen LogP contribution in [0.4, 0.5) is 0 Å². The van der Waals surface area contributed by atoms with Crippen LogP contribution in [-0.4, -0.2) is 39.5 Å². The summed E-state index contributed by atoms with van der Waals surface area (Å²) in [5.74, 6) is 0.721. The maximum atomic E-state index is 13.0. The Labute approximate surface area is 139 Å². The highest BCUT2D eigenvalue weighted by Gasteiger charge is 2.15. The molecule has 0 amide bonds. The standard InChI is InChI=1S/C19H20N4O/c1-21(2)12-7-13-22-16-10-5-6-11-17(16)23-18(24)14-8-3-4-9-15(14)20-19(22)23/h3-6,8-11H,7,12-13H2,1-2H3. The molecule has 0 saturated heterocycles. The summed E-state index contributed by atoms with van der Waals surface area (Å²) in [5.41, 5.74) is 2.72. The van der Waals surface area contributed by atoms with Crippen LogP contribution in [0.2, 0.25) is 0 Å². The number of imidazole rings is 1. The molecule has 4 rings (SSSR count). The van der Waals surface area contributed by atoms with Crippen molar-refractivity contribution in [1.82, 2.24) is 18.9 Å². The SMILES string of the molecule is CN(C)CCCn1c2ccccc2n2c(=O)c3ccccc3nc12. The lowest BCUT2D eigenvalue weighted by Crippen LogP contribution is -2.17. The number of hydrogen-bond donors (Lipinski definition) is 0. The second kappa shape index (κ2) is 5.76. The van der Waals surface area contributed by atoms with E-state index in [9.17, 15) is 4.79 Å². The molecule has 4 aromatic rings. The number of rotatable bonds is 4. The predicted octanol–water partition coefficient (Wildman–Crippen LogP) is 2.75. The van der Waals surface area contributed by atoms with Gasteiger partial charge in [-0.1, -0.05) is 24.3 Å². The summed E-state index contributed by atoms with van der Waals surface area (Å²) in [4.78, 5) is 20.0. The highest BCUT2D eigenvalue weighted by molar-refractivity contribution is 5.85. The Morgan fingerprint density at radius 3 is 2.50 bits per heavy atom. The van der Waals surface area contributed by atoms with Crippen LogP contribution < -0.4 is 5.56 Å². The normalized spacial score (nSPS) is 12.0. The zero-order valence-electron chi connectivity index (χ0n) is 13.9. The number of benzene rings is 2. The lowest BCUT2D eigenvalue weighted by molar-refractivity contribution is 0.388. The lowest BCUT2D eigenvalue weighted by Gasteiger charge is -2.10. The Morgan fingerprint density at radius 2 is 1.71 bits per heavy atom. The van der Waals surface area contributed by atoms with E-state index in [2.05, 4.69) is 29.6 Å². The van der Waals surface area contributed by atoms with Gasteiger partial charge in [0.1, 0.15) is 0 Å². The molecule has 0 spiro atoms. The monoisotopic (exact) mass is 320 g/mol. The zero-order valence-corrected chi connectivity index (χ0v) is 13.9. The molecular weight excluding hydrogens is 300 g/mol. The fraction of sp³-hybridized carbons (Fsp3) is 0.263. The number of fused-ring (bicyclic) bond motifs is 4. The van der Waals surface area contributed by atoms with Crippen LogP contribution in [0, 0.1) is 0 Å². The molecule has 2 heterocycles. The molecule has 24 heavy (non-hydrogen) atoms. The van der Waals surface area contributed by atoms with Crippen LogP contribution in [0.15, 0.2) is 53.3 Å². The summed E-state index contributed by atoms with van der Waals surface area (Å²) >= 11 is 0. The minimum atomic E-state index is -0.00170. The molecular formula is C19H20N4O. The number of aromatic nitrogens is 3. The highest BCUT2D eigenvalue weighted by atomic mass is 16.1. The van der Waals surface area contributed by atoms with Crippen LogP contribution in [0.3, 0.4) is 0 Å². The number of aryl methyl sites for hydroxylation is 1. The number of nitrogens with zero attached hydrogens (tertiary/aromatic N) is 4. The Bertz CT molecular complexity index is 1090. The average molecular weight is 320 g/mol. The maximum Gasteiger partial charge on any atom is 0.267 e. The summed E-state index contributed by atoms with van der Waals surface area (Å²) in [7, 11) is 4.14. The molecule has 0 fully saturated rings. The minimum absolute atomic E-state index is 0.00170. The Kier molecular flexibility index (Phi) is 3.58. The van der Waals surface area contributed by atoms with Gasteiger partial charge in [-0.2, -0.15) is 0 Å². The Hall–Kier alpha value is -2.66. The quantitative estimate of drug-likeness (QED) is 0.581. The first-order valence-electron chi connectivity index (χ1n) is 8.20. The molecule has 0 saturated carbocycles. The molecule has 0 N–H and O–H groups in total. The second-order valence-electron chi connectivity index (χ2n) is 6.37. The molecule has 5 nitrogen and oxygen atoms in total. The summed E-state index contributed by atoms with van der Waals surface area (Å²) < 4.78 is 3.90. The van der Waals surface area contributed by atoms with Gasteiger partial charge < -0.3 is 9.47 Å². The third-order valence-corrected chi connectivity index (χ3v) is 4.40. The third kappa shape index (κ3) is 2.29. The summed E-state index contributed by atoms with van der Waals surface area (Å²) in [6, 6.07) is 15.6. The highest BCUT2D eigenvalue weighted by Crippen LogP contribution is 2.20. The summed E-state index contributed by atoms with van der Waals surface area (Å²) in [6.45, 7) is 1.83. The van der Waals surface area contributed by atoms with Crippen molar-refractivity contribution in [3.8, 4) is 0 Å². The largest absolute Gasteiger partial charge is 0.309 e. The maximum absolute atomic E-state index is 13.0. The number of para-hydroxylation sites is 3. The van der Waals surface area contributed by atoms with E-state index in [0.717, 1.165) is 41.8 Å². The van der Waals surface area contributed by atoms with Gasteiger partial charge in [-0.15, -0.1) is 0 Å². The van der Waals surface area contributed by atoms with Crippen LogP contribution >= 0.6 is 0 Å². The molecule has 0 radical (unpaired) electrons. The van der Waals surface area contributed by atoms with Crippen LogP contribution in [0.5, 0.6) is 0 Å². The first kappa shape index (κ1) is 14.9. The van der Waals surface area contributed by atoms with Gasteiger partial charge in [0.2, 0.25) is 5.78 Å². The third-order valence-electron chi connectivity index (χ3n) is 4.40. The van der Waals surface area contributed by atoms with Crippen LogP contribution in [0.1, 0.15) is 6.42 Å². The van der Waals surface area contributed by atoms with Gasteiger partial charge >= 0.3 is 0 Å². The van der Waals surface area contributed by atoms with E-state index >= 15 is 0 Å². The van der Waals surface area contributed by atoms with E-state index < -0.39 is 0 Å². The topological polar surface area (TPSA) is 42.5 Å². The van der Waals surface area contributed by atoms with E-state index in [1.165, 1.54) is 0 Å². The van der Waals surface area contributed by atoms with E-state index in [1.54, 1.807) is 4.40 Å². The van der Waals surface area contributed by atoms with Crippen molar-refractivity contribution in [2.75, 3.05) is 20.6 Å². The van der Waals surface area contributed by atoms with Gasteiger partial charge in [0.25, 0.3) is 5.56 Å². The van der Waals surface area contributed by atoms with Gasteiger partial charge in [-0.05, 0) is 51.3 Å². The summed E-state index contributed by atoms with van der Waals surface area (Å²) in [6.07, 6.45) is 1.00. The minimum Gasteiger partial charge on any atom is -0.309 e. The predicted molar refractivity (Wildman–Crippen MR) is 97.6 cm³/mol.